The van der Waals surface area contributed by atoms with E-state index in [1.807, 2.05) is 0 Å². The van der Waals surface area contributed by atoms with Crippen molar-refractivity contribution in [2.24, 2.45) is 5.92 Å². The molecule has 1 atom stereocenters. The minimum Gasteiger partial charge on any atom is -0.343 e. The molecule has 1 aliphatic heterocycles. The minimum atomic E-state index is -2.64. The molecule has 0 bridgehead atoms. The Hall–Kier alpha value is -0.710. The van der Waals surface area contributed by atoms with Crippen molar-refractivity contribution in [1.29, 1.82) is 0 Å². The summed E-state index contributed by atoms with van der Waals surface area (Å²) in [6, 6.07) is 0. The topological polar surface area (TPSA) is 32.3 Å². The van der Waals surface area contributed by atoms with Crippen molar-refractivity contribution >= 4 is 5.91 Å². The van der Waals surface area contributed by atoms with Crippen LogP contribution in [0.15, 0.2) is 0 Å². The molecule has 0 aliphatic carbocycles. The summed E-state index contributed by atoms with van der Waals surface area (Å²) in [6.45, 7) is 4.49. The fourth-order valence-electron chi connectivity index (χ4n) is 1.83. The molecule has 0 spiro atoms. The molecule has 0 aromatic carbocycles. The molecule has 88 valence electrons. The van der Waals surface area contributed by atoms with Gasteiger partial charge < -0.3 is 10.2 Å². The number of rotatable bonds is 3. The largest absolute Gasteiger partial charge is 0.343 e. The fourth-order valence-corrected chi connectivity index (χ4v) is 1.83. The lowest BCUT2D eigenvalue weighted by atomic mass is 9.94. The highest BCUT2D eigenvalue weighted by Gasteiger charge is 2.42. The Bertz CT molecular complexity index is 233. The van der Waals surface area contributed by atoms with Crippen LogP contribution in [0.1, 0.15) is 20.3 Å². The van der Waals surface area contributed by atoms with Crippen molar-refractivity contribution in [2.45, 2.75) is 26.2 Å². The van der Waals surface area contributed by atoms with Crippen LogP contribution in [-0.2, 0) is 4.79 Å². The van der Waals surface area contributed by atoms with Crippen LogP contribution in [0.4, 0.5) is 8.78 Å². The first-order valence-electron chi connectivity index (χ1n) is 5.31. The molecule has 15 heavy (non-hydrogen) atoms. The lowest BCUT2D eigenvalue weighted by Crippen LogP contribution is -2.50. The standard InChI is InChI=1S/C10H18F2N2O/c1-3-14(8(2)15)7-9-6-13-5-4-10(9,11)12/h9,13H,3-7H2,1-2H3. The zero-order chi connectivity index (χ0) is 11.5. The molecule has 1 saturated heterocycles. The van der Waals surface area contributed by atoms with E-state index < -0.39 is 11.8 Å². The summed E-state index contributed by atoms with van der Waals surface area (Å²) in [6.07, 6.45) is -0.132. The predicted octanol–water partition coefficient (Wildman–Crippen LogP) is 1.10. The number of alkyl halides is 2. The van der Waals surface area contributed by atoms with Crippen molar-refractivity contribution in [3.05, 3.63) is 0 Å². The molecular formula is C10H18F2N2O. The van der Waals surface area contributed by atoms with Gasteiger partial charge in [0.1, 0.15) is 0 Å². The Morgan fingerprint density at radius 3 is 2.73 bits per heavy atom. The summed E-state index contributed by atoms with van der Waals surface area (Å²) in [5, 5.41) is 2.94. The number of nitrogens with one attached hydrogen (secondary N) is 1. The van der Waals surface area contributed by atoms with E-state index in [1.165, 1.54) is 11.8 Å². The summed E-state index contributed by atoms with van der Waals surface area (Å²) < 4.78 is 26.9. The lowest BCUT2D eigenvalue weighted by Gasteiger charge is -2.35. The maximum Gasteiger partial charge on any atom is 0.255 e. The number of hydrogen-bond donors (Lipinski definition) is 1. The van der Waals surface area contributed by atoms with Crippen molar-refractivity contribution in [1.82, 2.24) is 10.2 Å². The number of halogens is 2. The van der Waals surface area contributed by atoms with E-state index in [2.05, 4.69) is 5.32 Å². The van der Waals surface area contributed by atoms with Crippen LogP contribution in [0.3, 0.4) is 0 Å². The quantitative estimate of drug-likeness (QED) is 0.772. The summed E-state index contributed by atoms with van der Waals surface area (Å²) >= 11 is 0. The lowest BCUT2D eigenvalue weighted by molar-refractivity contribution is -0.133. The van der Waals surface area contributed by atoms with E-state index in [-0.39, 0.29) is 25.4 Å². The Morgan fingerprint density at radius 2 is 2.27 bits per heavy atom. The molecule has 0 aromatic heterocycles. The van der Waals surface area contributed by atoms with E-state index in [1.54, 1.807) is 6.92 Å². The first kappa shape index (κ1) is 12.4. The molecule has 5 heteroatoms. The summed E-state index contributed by atoms with van der Waals surface area (Å²) in [5.74, 6) is -3.54. The van der Waals surface area contributed by atoms with Gasteiger partial charge in [-0.3, -0.25) is 4.79 Å². The van der Waals surface area contributed by atoms with Crippen LogP contribution in [0.2, 0.25) is 0 Å². The first-order chi connectivity index (χ1) is 6.97. The third-order valence-electron chi connectivity index (χ3n) is 2.89. The maximum atomic E-state index is 13.5. The average molecular weight is 220 g/mol. The molecule has 1 unspecified atom stereocenters. The molecule has 3 nitrogen and oxygen atoms in total. The highest BCUT2D eigenvalue weighted by Crippen LogP contribution is 2.30. The summed E-state index contributed by atoms with van der Waals surface area (Å²) in [7, 11) is 0. The molecule has 1 heterocycles. The predicted molar refractivity (Wildman–Crippen MR) is 53.9 cm³/mol. The smallest absolute Gasteiger partial charge is 0.255 e. The second-order valence-corrected chi connectivity index (χ2v) is 3.97. The van der Waals surface area contributed by atoms with Gasteiger partial charge in [0.2, 0.25) is 5.91 Å². The third kappa shape index (κ3) is 3.12. The fraction of sp³-hybridized carbons (Fsp3) is 0.900. The monoisotopic (exact) mass is 220 g/mol. The molecule has 0 aromatic rings. The third-order valence-corrected chi connectivity index (χ3v) is 2.89. The first-order valence-corrected chi connectivity index (χ1v) is 5.31. The number of carbonyl (C=O) groups is 1. The van der Waals surface area contributed by atoms with Crippen LogP contribution >= 0.6 is 0 Å². The van der Waals surface area contributed by atoms with Crippen molar-refractivity contribution in [2.75, 3.05) is 26.2 Å². The molecule has 1 fully saturated rings. The molecule has 0 saturated carbocycles. The second kappa shape index (κ2) is 4.88. The van der Waals surface area contributed by atoms with Crippen molar-refractivity contribution in [3.8, 4) is 0 Å². The number of nitrogens with zero attached hydrogens (tertiary/aromatic N) is 1. The molecule has 1 aliphatic rings. The van der Waals surface area contributed by atoms with Crippen LogP contribution in [0.5, 0.6) is 0 Å². The molecule has 0 radical (unpaired) electrons. The van der Waals surface area contributed by atoms with Crippen LogP contribution in [0, 0.1) is 5.92 Å². The van der Waals surface area contributed by atoms with Gasteiger partial charge in [0.15, 0.2) is 0 Å². The number of hydrogen-bond acceptors (Lipinski definition) is 2. The van der Waals surface area contributed by atoms with E-state index in [4.69, 9.17) is 0 Å². The van der Waals surface area contributed by atoms with Crippen LogP contribution in [-0.4, -0.2) is 42.9 Å². The van der Waals surface area contributed by atoms with E-state index in [9.17, 15) is 13.6 Å². The Morgan fingerprint density at radius 1 is 1.60 bits per heavy atom. The van der Waals surface area contributed by atoms with Gasteiger partial charge in [0, 0.05) is 39.5 Å². The van der Waals surface area contributed by atoms with Gasteiger partial charge in [-0.05, 0) is 6.92 Å². The van der Waals surface area contributed by atoms with Gasteiger partial charge in [0.05, 0.1) is 5.92 Å². The number of amides is 1. The number of piperidine rings is 1. The molecule has 1 N–H and O–H groups in total. The van der Waals surface area contributed by atoms with Crippen molar-refractivity contribution < 1.29 is 13.6 Å². The molecule has 1 amide bonds. The van der Waals surface area contributed by atoms with Gasteiger partial charge >= 0.3 is 0 Å². The molecular weight excluding hydrogens is 202 g/mol. The summed E-state index contributed by atoms with van der Waals surface area (Å²) in [4.78, 5) is 12.6. The zero-order valence-corrected chi connectivity index (χ0v) is 9.22. The Kier molecular flexibility index (Phi) is 4.02. The normalized spacial score (nSPS) is 24.9. The van der Waals surface area contributed by atoms with E-state index >= 15 is 0 Å². The zero-order valence-electron chi connectivity index (χ0n) is 9.22. The summed E-state index contributed by atoms with van der Waals surface area (Å²) in [5.41, 5.74) is 0. The van der Waals surface area contributed by atoms with Gasteiger partial charge in [-0.1, -0.05) is 0 Å². The highest BCUT2D eigenvalue weighted by atomic mass is 19.3. The van der Waals surface area contributed by atoms with E-state index in [0.29, 0.717) is 13.1 Å². The van der Waals surface area contributed by atoms with Gasteiger partial charge in [0.25, 0.3) is 5.92 Å². The maximum absolute atomic E-state index is 13.5. The van der Waals surface area contributed by atoms with Crippen LogP contribution in [0.25, 0.3) is 0 Å². The van der Waals surface area contributed by atoms with Gasteiger partial charge in [-0.15, -0.1) is 0 Å². The van der Waals surface area contributed by atoms with Crippen molar-refractivity contribution in [3.63, 3.8) is 0 Å². The molecule has 1 rings (SSSR count). The SMILES string of the molecule is CCN(CC1CNCCC1(F)F)C(C)=O. The number of carbonyl (C=O) groups excluding carboxylic acids is 1. The Balaban J connectivity index is 2.58. The Labute approximate surface area is 88.8 Å². The van der Waals surface area contributed by atoms with Gasteiger partial charge in [-0.2, -0.15) is 0 Å². The average Bonchev–Trinajstić information content (AvgIpc) is 2.15. The van der Waals surface area contributed by atoms with E-state index in [0.717, 1.165) is 0 Å². The van der Waals surface area contributed by atoms with Gasteiger partial charge in [-0.25, -0.2) is 8.78 Å². The highest BCUT2D eigenvalue weighted by molar-refractivity contribution is 5.73. The minimum absolute atomic E-state index is 0.132. The van der Waals surface area contributed by atoms with Crippen LogP contribution < -0.4 is 5.32 Å². The second-order valence-electron chi connectivity index (χ2n) is 3.97.